The molecule has 4 aliphatic carbocycles. The zero-order chi connectivity index (χ0) is 36.3. The summed E-state index contributed by atoms with van der Waals surface area (Å²) >= 11 is 0. The Bertz CT molecular complexity index is 1210. The van der Waals surface area contributed by atoms with Gasteiger partial charge in [0.15, 0.2) is 0 Å². The highest BCUT2D eigenvalue weighted by Gasteiger charge is 2.31. The van der Waals surface area contributed by atoms with Crippen molar-refractivity contribution in [3.05, 3.63) is 96.1 Å². The SMILES string of the molecule is CC(C)OC(C1C=CCCC1)C1CCCCC1.CC(C)OC(c1ccccc1)C1C=CCCC1.CC(C)OC(c1ccccc1)C1CCCCC1. The fraction of sp³-hybridized carbons (Fsp3) is 0.667. The molecule has 5 unspecified atom stereocenters. The van der Waals surface area contributed by atoms with Crippen molar-refractivity contribution in [1.29, 1.82) is 0 Å². The second-order valence-corrected chi connectivity index (χ2v) is 16.5. The molecule has 0 aromatic heterocycles. The minimum atomic E-state index is 0.216. The fourth-order valence-corrected chi connectivity index (χ4v) is 8.74. The van der Waals surface area contributed by atoms with Crippen molar-refractivity contribution in [1.82, 2.24) is 0 Å². The molecule has 4 aliphatic rings. The van der Waals surface area contributed by atoms with Crippen molar-refractivity contribution in [2.45, 2.75) is 181 Å². The van der Waals surface area contributed by atoms with Crippen LogP contribution in [0.5, 0.6) is 0 Å². The summed E-state index contributed by atoms with van der Waals surface area (Å²) in [5.74, 6) is 2.76. The summed E-state index contributed by atoms with van der Waals surface area (Å²) in [6.45, 7) is 12.9. The third kappa shape index (κ3) is 15.0. The fourth-order valence-electron chi connectivity index (χ4n) is 8.74. The summed E-state index contributed by atoms with van der Waals surface area (Å²) in [4.78, 5) is 0. The van der Waals surface area contributed by atoms with E-state index in [2.05, 4.69) is 127 Å². The smallest absolute Gasteiger partial charge is 0.0890 e. The number of hydrogen-bond donors (Lipinski definition) is 0. The maximum absolute atomic E-state index is 6.28. The molecule has 51 heavy (non-hydrogen) atoms. The predicted octanol–water partition coefficient (Wildman–Crippen LogP) is 14.0. The first-order valence-corrected chi connectivity index (χ1v) is 21.2. The average Bonchev–Trinajstić information content (AvgIpc) is 3.17. The first-order chi connectivity index (χ1) is 24.8. The molecule has 3 heteroatoms. The Kier molecular flexibility index (Phi) is 19.1. The summed E-state index contributed by atoms with van der Waals surface area (Å²) in [7, 11) is 0. The van der Waals surface area contributed by atoms with Crippen LogP contribution in [0.4, 0.5) is 0 Å². The maximum atomic E-state index is 6.28. The molecule has 2 aromatic carbocycles. The number of hydrogen-bond acceptors (Lipinski definition) is 3. The van der Waals surface area contributed by atoms with E-state index < -0.39 is 0 Å². The second kappa shape index (κ2) is 23.5. The van der Waals surface area contributed by atoms with Gasteiger partial charge in [0.1, 0.15) is 0 Å². The highest BCUT2D eigenvalue weighted by Crippen LogP contribution is 2.38. The highest BCUT2D eigenvalue weighted by molar-refractivity contribution is 5.21. The molecule has 0 N–H and O–H groups in total. The molecule has 5 atom stereocenters. The molecule has 284 valence electrons. The molecule has 2 aromatic rings. The van der Waals surface area contributed by atoms with E-state index in [9.17, 15) is 0 Å². The van der Waals surface area contributed by atoms with Gasteiger partial charge in [-0.15, -0.1) is 0 Å². The summed E-state index contributed by atoms with van der Waals surface area (Å²) in [6, 6.07) is 21.3. The third-order valence-electron chi connectivity index (χ3n) is 11.1. The lowest BCUT2D eigenvalue weighted by atomic mass is 9.77. The Morgan fingerprint density at radius 3 is 1.31 bits per heavy atom. The topological polar surface area (TPSA) is 27.7 Å². The van der Waals surface area contributed by atoms with Gasteiger partial charge < -0.3 is 14.2 Å². The summed E-state index contributed by atoms with van der Waals surface area (Å²) in [5.41, 5.74) is 2.66. The maximum Gasteiger partial charge on any atom is 0.0890 e. The van der Waals surface area contributed by atoms with E-state index in [0.717, 1.165) is 5.92 Å². The van der Waals surface area contributed by atoms with Gasteiger partial charge in [0.25, 0.3) is 0 Å². The number of allylic oxidation sites excluding steroid dienone is 2. The summed E-state index contributed by atoms with van der Waals surface area (Å²) < 4.78 is 18.6. The van der Waals surface area contributed by atoms with E-state index in [1.807, 2.05) is 0 Å². The van der Waals surface area contributed by atoms with E-state index >= 15 is 0 Å². The van der Waals surface area contributed by atoms with Crippen LogP contribution >= 0.6 is 0 Å². The Morgan fingerprint density at radius 1 is 0.431 bits per heavy atom. The van der Waals surface area contributed by atoms with Gasteiger partial charge >= 0.3 is 0 Å². The first kappa shape index (κ1) is 41.6. The van der Waals surface area contributed by atoms with E-state index in [1.54, 1.807) is 0 Å². The number of rotatable bonds is 12. The quantitative estimate of drug-likeness (QED) is 0.207. The van der Waals surface area contributed by atoms with Crippen molar-refractivity contribution >= 4 is 0 Å². The van der Waals surface area contributed by atoms with Crippen molar-refractivity contribution in [3.63, 3.8) is 0 Å². The van der Waals surface area contributed by atoms with Crippen molar-refractivity contribution in [2.24, 2.45) is 23.7 Å². The van der Waals surface area contributed by atoms with Gasteiger partial charge in [-0.3, -0.25) is 0 Å². The standard InChI is InChI=1S/C16H28O.C16H24O.C16H22O/c3*1-13(2)17-16(14-9-5-3-6-10-14)15-11-7-4-8-12-15/h5,9,13-16H,3-4,6-8,10-12H2,1-2H3;3,5-6,9-10,13,15-16H,4,7-8,11-12H2,1-2H3;3,5-7,9-11,13,15-16H,4,8,12H2,1-2H3. The van der Waals surface area contributed by atoms with Crippen LogP contribution in [0.3, 0.4) is 0 Å². The van der Waals surface area contributed by atoms with Crippen LogP contribution in [0.2, 0.25) is 0 Å². The lowest BCUT2D eigenvalue weighted by Gasteiger charge is -2.36. The molecule has 2 fully saturated rings. The Morgan fingerprint density at radius 2 is 0.863 bits per heavy atom. The monoisotopic (exact) mass is 699 g/mol. The largest absolute Gasteiger partial charge is 0.375 e. The van der Waals surface area contributed by atoms with E-state index in [0.29, 0.717) is 42.2 Å². The zero-order valence-corrected chi connectivity index (χ0v) is 33.4. The molecule has 0 radical (unpaired) electrons. The van der Waals surface area contributed by atoms with Crippen molar-refractivity contribution < 1.29 is 14.2 Å². The normalized spacial score (nSPS) is 23.2. The molecular weight excluding hydrogens is 625 g/mol. The van der Waals surface area contributed by atoms with Gasteiger partial charge in [-0.05, 0) is 129 Å². The van der Waals surface area contributed by atoms with Crippen LogP contribution < -0.4 is 0 Å². The molecule has 3 nitrogen and oxygen atoms in total. The van der Waals surface area contributed by atoms with Crippen LogP contribution in [0.25, 0.3) is 0 Å². The highest BCUT2D eigenvalue weighted by atomic mass is 16.5. The molecule has 2 saturated carbocycles. The van der Waals surface area contributed by atoms with Gasteiger partial charge in [-0.25, -0.2) is 0 Å². The summed E-state index contributed by atoms with van der Waals surface area (Å²) in [6.07, 6.45) is 33.0. The van der Waals surface area contributed by atoms with Crippen molar-refractivity contribution in [2.75, 3.05) is 0 Å². The Labute approximate surface area is 314 Å². The van der Waals surface area contributed by atoms with Gasteiger partial charge in [-0.2, -0.15) is 0 Å². The molecule has 0 amide bonds. The first-order valence-electron chi connectivity index (χ1n) is 21.2. The van der Waals surface area contributed by atoms with Gasteiger partial charge in [0, 0.05) is 11.8 Å². The molecule has 0 aliphatic heterocycles. The summed E-state index contributed by atoms with van der Waals surface area (Å²) in [5, 5.41) is 0. The molecule has 0 heterocycles. The Hall–Kier alpha value is -2.20. The van der Waals surface area contributed by atoms with E-state index in [4.69, 9.17) is 14.2 Å². The van der Waals surface area contributed by atoms with E-state index in [1.165, 1.54) is 114 Å². The zero-order valence-electron chi connectivity index (χ0n) is 33.4. The molecular formula is C48H74O3. The lowest BCUT2D eigenvalue weighted by Crippen LogP contribution is -2.35. The van der Waals surface area contributed by atoms with Crippen LogP contribution in [0, 0.1) is 23.7 Å². The molecule has 0 saturated heterocycles. The van der Waals surface area contributed by atoms with Gasteiger partial charge in [-0.1, -0.05) is 123 Å². The van der Waals surface area contributed by atoms with E-state index in [-0.39, 0.29) is 12.2 Å². The Balaban J connectivity index is 0.000000172. The van der Waals surface area contributed by atoms with Crippen molar-refractivity contribution in [3.8, 4) is 0 Å². The number of benzene rings is 2. The van der Waals surface area contributed by atoms with Crippen LogP contribution in [-0.4, -0.2) is 24.4 Å². The van der Waals surface area contributed by atoms with Gasteiger partial charge in [0.05, 0.1) is 36.6 Å². The molecule has 6 rings (SSSR count). The van der Waals surface area contributed by atoms with Crippen LogP contribution in [0.15, 0.2) is 85.0 Å². The van der Waals surface area contributed by atoms with Crippen LogP contribution in [0.1, 0.15) is 168 Å². The predicted molar refractivity (Wildman–Crippen MR) is 217 cm³/mol. The lowest BCUT2D eigenvalue weighted by molar-refractivity contribution is -0.0602. The second-order valence-electron chi connectivity index (χ2n) is 16.5. The number of ether oxygens (including phenoxy) is 3. The van der Waals surface area contributed by atoms with Crippen LogP contribution in [-0.2, 0) is 14.2 Å². The molecule has 0 spiro atoms. The van der Waals surface area contributed by atoms with Gasteiger partial charge in [0.2, 0.25) is 0 Å². The average molecular weight is 699 g/mol. The molecule has 0 bridgehead atoms. The minimum Gasteiger partial charge on any atom is -0.375 e. The third-order valence-corrected chi connectivity index (χ3v) is 11.1. The minimum absolute atomic E-state index is 0.216.